The lowest BCUT2D eigenvalue weighted by Crippen LogP contribution is -2.32. The molecule has 0 bridgehead atoms. The number of aromatic amines is 2. The zero-order valence-electron chi connectivity index (χ0n) is 10.6. The maximum Gasteiger partial charge on any atom is 0.253 e. The van der Waals surface area contributed by atoms with Crippen molar-refractivity contribution >= 4 is 29.2 Å². The maximum atomic E-state index is 13.5. The summed E-state index contributed by atoms with van der Waals surface area (Å²) < 4.78 is 13.9. The van der Waals surface area contributed by atoms with Crippen molar-refractivity contribution in [3.05, 3.63) is 28.3 Å². The molecule has 0 atom stereocenters. The topological polar surface area (TPSA) is 80.9 Å². The number of nitrogens with one attached hydrogen (secondary N) is 3. The molecule has 20 heavy (non-hydrogen) atoms. The predicted molar refractivity (Wildman–Crippen MR) is 74.5 cm³/mol. The van der Waals surface area contributed by atoms with Gasteiger partial charge in [-0.05, 0) is 37.2 Å². The molecule has 1 aromatic heterocycles. The van der Waals surface area contributed by atoms with E-state index < -0.39 is 5.82 Å². The molecule has 0 aliphatic heterocycles. The van der Waals surface area contributed by atoms with Crippen molar-refractivity contribution in [2.24, 2.45) is 5.41 Å². The van der Waals surface area contributed by atoms with Crippen LogP contribution >= 0.6 is 12.2 Å². The number of benzene rings is 1. The molecule has 1 aromatic carbocycles. The van der Waals surface area contributed by atoms with Crippen LogP contribution in [0.5, 0.6) is 0 Å². The molecule has 1 fully saturated rings. The highest BCUT2D eigenvalue weighted by atomic mass is 32.1. The van der Waals surface area contributed by atoms with Crippen LogP contribution in [0.1, 0.15) is 23.2 Å². The number of aromatic nitrogens is 2. The molecule has 4 N–H and O–H groups in total. The van der Waals surface area contributed by atoms with Gasteiger partial charge in [0.2, 0.25) is 0 Å². The van der Waals surface area contributed by atoms with Gasteiger partial charge in [0.25, 0.3) is 5.91 Å². The molecule has 0 radical (unpaired) electrons. The highest BCUT2D eigenvalue weighted by molar-refractivity contribution is 7.71. The minimum Gasteiger partial charge on any atom is -0.396 e. The van der Waals surface area contributed by atoms with Crippen molar-refractivity contribution in [2.45, 2.75) is 12.8 Å². The third-order valence-electron chi connectivity index (χ3n) is 3.75. The Morgan fingerprint density at radius 1 is 1.45 bits per heavy atom. The number of H-pyrrole nitrogens is 2. The maximum absolute atomic E-state index is 13.5. The average molecular weight is 295 g/mol. The van der Waals surface area contributed by atoms with E-state index >= 15 is 0 Å². The molecule has 0 unspecified atom stereocenters. The van der Waals surface area contributed by atoms with Crippen molar-refractivity contribution < 1.29 is 14.3 Å². The van der Waals surface area contributed by atoms with Crippen LogP contribution in [-0.4, -0.2) is 34.1 Å². The summed E-state index contributed by atoms with van der Waals surface area (Å²) in [6.45, 7) is 0.448. The van der Waals surface area contributed by atoms with Crippen molar-refractivity contribution in [3.63, 3.8) is 0 Å². The third kappa shape index (κ3) is 2.34. The molecular formula is C13H14FN3O2S. The normalized spacial score (nSPS) is 16.3. The highest BCUT2D eigenvalue weighted by Crippen LogP contribution is 2.44. The Hall–Kier alpha value is -1.73. The minimum absolute atomic E-state index is 0.0540. The van der Waals surface area contributed by atoms with Crippen LogP contribution < -0.4 is 5.32 Å². The number of aliphatic hydroxyl groups excluding tert-OH is 1. The summed E-state index contributed by atoms with van der Waals surface area (Å²) in [6, 6.07) is 2.46. The number of amides is 1. The Morgan fingerprint density at radius 3 is 2.85 bits per heavy atom. The Morgan fingerprint density at radius 2 is 2.20 bits per heavy atom. The second kappa shape index (κ2) is 4.68. The lowest BCUT2D eigenvalue weighted by Gasteiger charge is -2.13. The van der Waals surface area contributed by atoms with Crippen LogP contribution in [0.4, 0.5) is 4.39 Å². The fourth-order valence-electron chi connectivity index (χ4n) is 2.22. The number of hydrogen-bond acceptors (Lipinski definition) is 3. The van der Waals surface area contributed by atoms with E-state index in [-0.39, 0.29) is 23.5 Å². The number of carbonyl (C=O) groups excluding carboxylic acids is 1. The van der Waals surface area contributed by atoms with Gasteiger partial charge in [-0.1, -0.05) is 0 Å². The molecule has 5 nitrogen and oxygen atoms in total. The Bertz CT molecular complexity index is 733. The quantitative estimate of drug-likeness (QED) is 0.650. The van der Waals surface area contributed by atoms with Crippen LogP contribution in [0.25, 0.3) is 11.0 Å². The number of hydrogen-bond donors (Lipinski definition) is 4. The van der Waals surface area contributed by atoms with Crippen LogP contribution in [0, 0.1) is 16.0 Å². The standard InChI is InChI=1S/C13H14FN3O2S/c14-7-3-8(10-9(4-7)16-12(20)17-10)11(19)15-5-13(6-18)1-2-13/h3-4,18H,1-2,5-6H2,(H,15,19)(H2,16,17,20). The third-order valence-corrected chi connectivity index (χ3v) is 3.96. The molecule has 1 aliphatic rings. The molecule has 3 rings (SSSR count). The molecule has 2 aromatic rings. The van der Waals surface area contributed by atoms with Crippen LogP contribution in [0.3, 0.4) is 0 Å². The number of carbonyl (C=O) groups is 1. The van der Waals surface area contributed by atoms with Crippen molar-refractivity contribution in [3.8, 4) is 0 Å². The van der Waals surface area contributed by atoms with E-state index in [0.717, 1.165) is 12.8 Å². The number of halogens is 1. The smallest absolute Gasteiger partial charge is 0.253 e. The van der Waals surface area contributed by atoms with Crippen LogP contribution in [0.15, 0.2) is 12.1 Å². The first kappa shape index (κ1) is 13.3. The van der Waals surface area contributed by atoms with E-state index in [2.05, 4.69) is 15.3 Å². The Kier molecular flexibility index (Phi) is 3.10. The second-order valence-corrected chi connectivity index (χ2v) is 5.70. The van der Waals surface area contributed by atoms with Crippen molar-refractivity contribution in [2.75, 3.05) is 13.2 Å². The summed E-state index contributed by atoms with van der Waals surface area (Å²) in [5.41, 5.74) is 0.972. The van der Waals surface area contributed by atoms with Gasteiger partial charge in [0.05, 0.1) is 23.2 Å². The van der Waals surface area contributed by atoms with Gasteiger partial charge < -0.3 is 20.4 Å². The van der Waals surface area contributed by atoms with E-state index in [1.807, 2.05) is 0 Å². The van der Waals surface area contributed by atoms with Crippen molar-refractivity contribution in [1.29, 1.82) is 0 Å². The molecule has 1 amide bonds. The lowest BCUT2D eigenvalue weighted by atomic mass is 10.1. The largest absolute Gasteiger partial charge is 0.396 e. The van der Waals surface area contributed by atoms with Gasteiger partial charge in [0.15, 0.2) is 4.77 Å². The summed E-state index contributed by atoms with van der Waals surface area (Å²) >= 11 is 4.96. The molecule has 0 saturated heterocycles. The predicted octanol–water partition coefficient (Wildman–Crippen LogP) is 1.87. The zero-order valence-corrected chi connectivity index (χ0v) is 11.4. The van der Waals surface area contributed by atoms with E-state index in [1.54, 1.807) is 0 Å². The zero-order chi connectivity index (χ0) is 14.3. The van der Waals surface area contributed by atoms with Gasteiger partial charge in [-0.15, -0.1) is 0 Å². The van der Waals surface area contributed by atoms with Crippen LogP contribution in [0.2, 0.25) is 0 Å². The monoisotopic (exact) mass is 295 g/mol. The van der Waals surface area contributed by atoms with Gasteiger partial charge in [0.1, 0.15) is 5.82 Å². The molecule has 1 aliphatic carbocycles. The number of imidazole rings is 1. The molecular weight excluding hydrogens is 281 g/mol. The second-order valence-electron chi connectivity index (χ2n) is 5.30. The van der Waals surface area contributed by atoms with Gasteiger partial charge in [-0.25, -0.2) is 4.39 Å². The first-order valence-electron chi connectivity index (χ1n) is 6.34. The SMILES string of the molecule is O=C(NCC1(CO)CC1)c1cc(F)cc2[nH]c(=S)[nH]c12. The molecule has 106 valence electrons. The van der Waals surface area contributed by atoms with E-state index in [0.29, 0.717) is 22.3 Å². The summed E-state index contributed by atoms with van der Waals surface area (Å²) in [5.74, 6) is -0.879. The first-order chi connectivity index (χ1) is 9.53. The average Bonchev–Trinajstić information content (AvgIpc) is 3.10. The van der Waals surface area contributed by atoms with E-state index in [1.165, 1.54) is 12.1 Å². The van der Waals surface area contributed by atoms with Gasteiger partial charge >= 0.3 is 0 Å². The number of fused-ring (bicyclic) bond motifs is 1. The highest BCUT2D eigenvalue weighted by Gasteiger charge is 2.42. The molecule has 1 saturated carbocycles. The first-order valence-corrected chi connectivity index (χ1v) is 6.74. The summed E-state index contributed by atoms with van der Waals surface area (Å²) in [7, 11) is 0. The molecule has 0 spiro atoms. The Labute approximate surface area is 119 Å². The van der Waals surface area contributed by atoms with E-state index in [4.69, 9.17) is 12.2 Å². The fraction of sp³-hybridized carbons (Fsp3) is 0.385. The molecule has 1 heterocycles. The summed E-state index contributed by atoms with van der Waals surface area (Å²) in [6.07, 6.45) is 1.80. The van der Waals surface area contributed by atoms with Crippen molar-refractivity contribution in [1.82, 2.24) is 15.3 Å². The number of aliphatic hydroxyl groups is 1. The number of rotatable bonds is 4. The van der Waals surface area contributed by atoms with Gasteiger partial charge in [-0.2, -0.15) is 0 Å². The summed E-state index contributed by atoms with van der Waals surface area (Å²) in [5, 5.41) is 12.0. The molecule has 7 heteroatoms. The fourth-order valence-corrected chi connectivity index (χ4v) is 2.43. The van der Waals surface area contributed by atoms with Crippen LogP contribution in [-0.2, 0) is 0 Å². The Balaban J connectivity index is 1.89. The van der Waals surface area contributed by atoms with Gasteiger partial charge in [-0.3, -0.25) is 4.79 Å². The lowest BCUT2D eigenvalue weighted by molar-refractivity contribution is 0.0936. The summed E-state index contributed by atoms with van der Waals surface area (Å²) in [4.78, 5) is 17.8. The van der Waals surface area contributed by atoms with Gasteiger partial charge in [0, 0.05) is 12.0 Å². The van der Waals surface area contributed by atoms with E-state index in [9.17, 15) is 14.3 Å². The minimum atomic E-state index is -0.504.